The van der Waals surface area contributed by atoms with Gasteiger partial charge in [0, 0.05) is 13.2 Å². The third-order valence-corrected chi connectivity index (χ3v) is 3.61. The molecule has 1 fully saturated rings. The van der Waals surface area contributed by atoms with Gasteiger partial charge in [0.1, 0.15) is 0 Å². The van der Waals surface area contributed by atoms with Gasteiger partial charge in [-0.1, -0.05) is 11.6 Å². The minimum atomic E-state index is -0.0538. The van der Waals surface area contributed by atoms with Crippen LogP contribution in [0.5, 0.6) is 0 Å². The number of amides is 2. The highest BCUT2D eigenvalue weighted by Crippen LogP contribution is 2.19. The van der Waals surface area contributed by atoms with Crippen LogP contribution in [0.2, 0.25) is 0 Å². The lowest BCUT2D eigenvalue weighted by molar-refractivity contribution is 0.0732. The van der Waals surface area contributed by atoms with Crippen LogP contribution in [0.3, 0.4) is 0 Å². The zero-order valence-corrected chi connectivity index (χ0v) is 11.0. The van der Waals surface area contributed by atoms with E-state index < -0.39 is 0 Å². The maximum Gasteiger partial charge on any atom is 0.315 e. The summed E-state index contributed by atoms with van der Waals surface area (Å²) in [5.74, 6) is 0. The van der Waals surface area contributed by atoms with Crippen LogP contribution in [0.25, 0.3) is 0 Å². The van der Waals surface area contributed by atoms with E-state index in [1.165, 1.54) is 31.3 Å². The normalized spacial score (nSPS) is 24.2. The molecule has 1 saturated heterocycles. The molecule has 2 N–H and O–H groups in total. The lowest BCUT2D eigenvalue weighted by Gasteiger charge is -2.23. The van der Waals surface area contributed by atoms with Crippen LogP contribution < -0.4 is 10.6 Å². The Morgan fingerprint density at radius 2 is 2.33 bits per heavy atom. The average molecular weight is 252 g/mol. The number of hydrogen-bond donors (Lipinski definition) is 2. The monoisotopic (exact) mass is 252 g/mol. The Morgan fingerprint density at radius 1 is 1.39 bits per heavy atom. The number of rotatable bonds is 4. The van der Waals surface area contributed by atoms with E-state index in [9.17, 15) is 4.79 Å². The number of ether oxygens (including phenoxy) is 1. The number of nitrogens with one attached hydrogen (secondary N) is 2. The molecule has 1 aliphatic carbocycles. The van der Waals surface area contributed by atoms with E-state index in [1.54, 1.807) is 0 Å². The third-order valence-electron chi connectivity index (χ3n) is 3.61. The molecule has 1 heterocycles. The molecule has 0 unspecified atom stereocenters. The minimum Gasteiger partial charge on any atom is -0.379 e. The maximum absolute atomic E-state index is 11.7. The minimum absolute atomic E-state index is 0.0538. The first-order valence-electron chi connectivity index (χ1n) is 7.14. The summed E-state index contributed by atoms with van der Waals surface area (Å²) in [7, 11) is 0. The second kappa shape index (κ2) is 7.41. The maximum atomic E-state index is 11.7. The molecule has 0 bridgehead atoms. The molecule has 0 saturated carbocycles. The van der Waals surface area contributed by atoms with Gasteiger partial charge in [-0.25, -0.2) is 4.79 Å². The van der Waals surface area contributed by atoms with Crippen LogP contribution in [0.15, 0.2) is 11.6 Å². The Balaban J connectivity index is 1.57. The summed E-state index contributed by atoms with van der Waals surface area (Å²) in [5.41, 5.74) is 1.50. The molecule has 0 radical (unpaired) electrons. The van der Waals surface area contributed by atoms with Crippen LogP contribution in [0, 0.1) is 0 Å². The summed E-state index contributed by atoms with van der Waals surface area (Å²) in [6.45, 7) is 2.22. The molecular formula is C14H24N2O2. The van der Waals surface area contributed by atoms with Gasteiger partial charge >= 0.3 is 6.03 Å². The van der Waals surface area contributed by atoms with Gasteiger partial charge < -0.3 is 15.4 Å². The average Bonchev–Trinajstić information content (AvgIpc) is 2.41. The van der Waals surface area contributed by atoms with E-state index in [0.29, 0.717) is 6.61 Å². The quantitative estimate of drug-likeness (QED) is 0.755. The van der Waals surface area contributed by atoms with Crippen molar-refractivity contribution < 1.29 is 9.53 Å². The zero-order chi connectivity index (χ0) is 12.6. The van der Waals surface area contributed by atoms with Crippen molar-refractivity contribution in [2.24, 2.45) is 0 Å². The molecule has 102 valence electrons. The standard InChI is InChI=1S/C14H24N2O2/c17-14(16-13-7-4-10-18-11-13)15-9-8-12-5-2-1-3-6-12/h5,13H,1-4,6-11H2,(H2,15,16,17)/t13-/m1/s1. The van der Waals surface area contributed by atoms with E-state index in [0.717, 1.165) is 32.4 Å². The summed E-state index contributed by atoms with van der Waals surface area (Å²) >= 11 is 0. The van der Waals surface area contributed by atoms with Crippen molar-refractivity contribution in [2.45, 2.75) is 51.0 Å². The second-order valence-electron chi connectivity index (χ2n) is 5.17. The lowest BCUT2D eigenvalue weighted by Crippen LogP contribution is -2.46. The first-order chi connectivity index (χ1) is 8.84. The van der Waals surface area contributed by atoms with Crippen LogP contribution in [-0.2, 0) is 4.74 Å². The molecule has 1 atom stereocenters. The van der Waals surface area contributed by atoms with Crippen LogP contribution in [-0.4, -0.2) is 31.8 Å². The topological polar surface area (TPSA) is 50.4 Å². The highest BCUT2D eigenvalue weighted by Gasteiger charge is 2.15. The summed E-state index contributed by atoms with van der Waals surface area (Å²) in [5, 5.41) is 5.89. The SMILES string of the molecule is O=C(NCCC1=CCCCC1)N[C@@H]1CCCOC1. The van der Waals surface area contributed by atoms with Gasteiger partial charge in [-0.2, -0.15) is 0 Å². The fraction of sp³-hybridized carbons (Fsp3) is 0.786. The smallest absolute Gasteiger partial charge is 0.315 e. The summed E-state index contributed by atoms with van der Waals surface area (Å²) in [4.78, 5) is 11.7. The number of carbonyl (C=O) groups is 1. The van der Waals surface area contributed by atoms with Gasteiger partial charge in [0.15, 0.2) is 0 Å². The van der Waals surface area contributed by atoms with Crippen molar-refractivity contribution in [3.63, 3.8) is 0 Å². The molecular weight excluding hydrogens is 228 g/mol. The van der Waals surface area contributed by atoms with Crippen molar-refractivity contribution >= 4 is 6.03 Å². The number of urea groups is 1. The Bertz CT molecular complexity index is 296. The molecule has 1 aliphatic heterocycles. The molecule has 18 heavy (non-hydrogen) atoms. The van der Waals surface area contributed by atoms with Crippen molar-refractivity contribution in [1.82, 2.24) is 10.6 Å². The van der Waals surface area contributed by atoms with E-state index >= 15 is 0 Å². The molecule has 0 aromatic carbocycles. The highest BCUT2D eigenvalue weighted by molar-refractivity contribution is 5.74. The molecule has 0 aromatic heterocycles. The van der Waals surface area contributed by atoms with Crippen molar-refractivity contribution in [3.05, 3.63) is 11.6 Å². The molecule has 4 nitrogen and oxygen atoms in total. The van der Waals surface area contributed by atoms with E-state index in [4.69, 9.17) is 4.74 Å². The molecule has 2 amide bonds. The van der Waals surface area contributed by atoms with Crippen LogP contribution >= 0.6 is 0 Å². The molecule has 0 aromatic rings. The van der Waals surface area contributed by atoms with Gasteiger partial charge in [0.2, 0.25) is 0 Å². The number of carbonyl (C=O) groups excluding carboxylic acids is 1. The number of allylic oxidation sites excluding steroid dienone is 1. The predicted octanol–water partition coefficient (Wildman–Crippen LogP) is 2.36. The Morgan fingerprint density at radius 3 is 3.06 bits per heavy atom. The van der Waals surface area contributed by atoms with Gasteiger partial charge in [-0.05, 0) is 44.9 Å². The van der Waals surface area contributed by atoms with E-state index in [-0.39, 0.29) is 12.1 Å². The van der Waals surface area contributed by atoms with Gasteiger partial charge in [-0.3, -0.25) is 0 Å². The Labute approximate surface area is 109 Å². The van der Waals surface area contributed by atoms with Crippen molar-refractivity contribution in [3.8, 4) is 0 Å². The summed E-state index contributed by atoms with van der Waals surface area (Å²) in [6, 6.07) is 0.134. The Hall–Kier alpha value is -1.03. The lowest BCUT2D eigenvalue weighted by atomic mass is 9.97. The van der Waals surface area contributed by atoms with Crippen molar-refractivity contribution in [2.75, 3.05) is 19.8 Å². The fourth-order valence-corrected chi connectivity index (χ4v) is 2.56. The first-order valence-corrected chi connectivity index (χ1v) is 7.14. The Kier molecular flexibility index (Phi) is 5.52. The first kappa shape index (κ1) is 13.4. The second-order valence-corrected chi connectivity index (χ2v) is 5.17. The summed E-state index contributed by atoms with van der Waals surface area (Å²) < 4.78 is 5.33. The van der Waals surface area contributed by atoms with Crippen LogP contribution in [0.1, 0.15) is 44.9 Å². The highest BCUT2D eigenvalue weighted by atomic mass is 16.5. The van der Waals surface area contributed by atoms with Crippen molar-refractivity contribution in [1.29, 1.82) is 0 Å². The largest absolute Gasteiger partial charge is 0.379 e. The zero-order valence-electron chi connectivity index (χ0n) is 11.0. The summed E-state index contributed by atoms with van der Waals surface area (Å²) in [6.07, 6.45) is 10.4. The molecule has 2 rings (SSSR count). The van der Waals surface area contributed by atoms with Gasteiger partial charge in [0.05, 0.1) is 12.6 Å². The number of hydrogen-bond acceptors (Lipinski definition) is 2. The van der Waals surface area contributed by atoms with Crippen LogP contribution in [0.4, 0.5) is 4.79 Å². The van der Waals surface area contributed by atoms with E-state index in [1.807, 2.05) is 0 Å². The third kappa shape index (κ3) is 4.69. The molecule has 0 spiro atoms. The van der Waals surface area contributed by atoms with E-state index in [2.05, 4.69) is 16.7 Å². The fourth-order valence-electron chi connectivity index (χ4n) is 2.56. The molecule has 2 aliphatic rings. The van der Waals surface area contributed by atoms with Gasteiger partial charge in [-0.15, -0.1) is 0 Å². The predicted molar refractivity (Wildman–Crippen MR) is 71.5 cm³/mol. The van der Waals surface area contributed by atoms with Gasteiger partial charge in [0.25, 0.3) is 0 Å². The molecule has 4 heteroatoms.